The van der Waals surface area contributed by atoms with Crippen LogP contribution in [0, 0.1) is 0 Å². The van der Waals surface area contributed by atoms with Crippen LogP contribution < -0.4 is 10.1 Å². The normalized spacial score (nSPS) is 11.6. The van der Waals surface area contributed by atoms with Crippen LogP contribution in [0.5, 0.6) is 5.75 Å². The van der Waals surface area contributed by atoms with E-state index in [1.165, 1.54) is 6.92 Å². The lowest BCUT2D eigenvalue weighted by Gasteiger charge is -2.10. The van der Waals surface area contributed by atoms with E-state index in [9.17, 15) is 9.59 Å². The van der Waals surface area contributed by atoms with Crippen molar-refractivity contribution in [2.45, 2.75) is 13.0 Å². The third-order valence-corrected chi connectivity index (χ3v) is 2.26. The zero-order chi connectivity index (χ0) is 12.8. The van der Waals surface area contributed by atoms with E-state index in [0.29, 0.717) is 10.8 Å². The second-order valence-electron chi connectivity index (χ2n) is 3.35. The van der Waals surface area contributed by atoms with Gasteiger partial charge in [0.05, 0.1) is 5.02 Å². The van der Waals surface area contributed by atoms with Gasteiger partial charge in [-0.1, -0.05) is 23.7 Å². The minimum Gasteiger partial charge on any atom is -0.482 e. The fourth-order valence-corrected chi connectivity index (χ4v) is 1.24. The Labute approximate surface area is 103 Å². The van der Waals surface area contributed by atoms with Crippen LogP contribution in [0.1, 0.15) is 6.92 Å². The van der Waals surface area contributed by atoms with Gasteiger partial charge in [0.2, 0.25) is 0 Å². The van der Waals surface area contributed by atoms with Gasteiger partial charge < -0.3 is 15.2 Å². The topological polar surface area (TPSA) is 75.6 Å². The standard InChI is InChI=1S/C11H12ClNO4/c1-7(11(15)16)13-10(14)6-17-9-5-3-2-4-8(9)12/h2-5,7H,6H2,1H3,(H,13,14)(H,15,16). The Balaban J connectivity index is 2.44. The highest BCUT2D eigenvalue weighted by molar-refractivity contribution is 6.32. The molecule has 0 aliphatic heterocycles. The van der Waals surface area contributed by atoms with E-state index in [4.69, 9.17) is 21.4 Å². The number of hydrogen-bond donors (Lipinski definition) is 2. The number of rotatable bonds is 5. The molecule has 0 aliphatic carbocycles. The lowest BCUT2D eigenvalue weighted by Crippen LogP contribution is -2.40. The number of carboxylic acids is 1. The highest BCUT2D eigenvalue weighted by Gasteiger charge is 2.14. The molecular formula is C11H12ClNO4. The third kappa shape index (κ3) is 4.32. The van der Waals surface area contributed by atoms with E-state index in [1.54, 1.807) is 24.3 Å². The van der Waals surface area contributed by atoms with Gasteiger partial charge in [0.15, 0.2) is 6.61 Å². The molecule has 0 bridgehead atoms. The lowest BCUT2D eigenvalue weighted by molar-refractivity contribution is -0.141. The molecule has 0 radical (unpaired) electrons. The van der Waals surface area contributed by atoms with Crippen LogP contribution in [0.2, 0.25) is 5.02 Å². The largest absolute Gasteiger partial charge is 0.482 e. The van der Waals surface area contributed by atoms with E-state index in [2.05, 4.69) is 5.32 Å². The quantitative estimate of drug-likeness (QED) is 0.834. The van der Waals surface area contributed by atoms with Crippen LogP contribution in [0.25, 0.3) is 0 Å². The SMILES string of the molecule is CC(NC(=O)COc1ccccc1Cl)C(=O)O. The molecule has 0 saturated carbocycles. The molecule has 6 heteroatoms. The van der Waals surface area contributed by atoms with Crippen molar-refractivity contribution < 1.29 is 19.4 Å². The molecule has 0 spiro atoms. The smallest absolute Gasteiger partial charge is 0.325 e. The number of para-hydroxylation sites is 1. The first-order valence-electron chi connectivity index (χ1n) is 4.90. The first-order chi connectivity index (χ1) is 8.00. The average molecular weight is 258 g/mol. The molecule has 0 aliphatic rings. The van der Waals surface area contributed by atoms with Gasteiger partial charge in [0.25, 0.3) is 5.91 Å². The summed E-state index contributed by atoms with van der Waals surface area (Å²) in [6.07, 6.45) is 0. The number of carbonyl (C=O) groups excluding carboxylic acids is 1. The molecule has 1 aromatic rings. The number of nitrogens with one attached hydrogen (secondary N) is 1. The number of aliphatic carboxylic acids is 1. The summed E-state index contributed by atoms with van der Waals surface area (Å²) in [6.45, 7) is 1.09. The Kier molecular flexibility index (Phi) is 4.78. The second kappa shape index (κ2) is 6.10. The monoisotopic (exact) mass is 257 g/mol. The molecule has 1 rings (SSSR count). The van der Waals surface area contributed by atoms with Gasteiger partial charge in [-0.2, -0.15) is 0 Å². The summed E-state index contributed by atoms with van der Waals surface area (Å²) >= 11 is 5.81. The number of benzene rings is 1. The fourth-order valence-electron chi connectivity index (χ4n) is 1.05. The van der Waals surface area contributed by atoms with Crippen LogP contribution in [0.3, 0.4) is 0 Å². The van der Waals surface area contributed by atoms with Crippen molar-refractivity contribution in [3.05, 3.63) is 29.3 Å². The Morgan fingerprint density at radius 3 is 2.71 bits per heavy atom. The van der Waals surface area contributed by atoms with E-state index in [-0.39, 0.29) is 6.61 Å². The Morgan fingerprint density at radius 2 is 2.12 bits per heavy atom. The first kappa shape index (κ1) is 13.3. The Bertz CT molecular complexity index is 422. The molecule has 1 unspecified atom stereocenters. The third-order valence-electron chi connectivity index (χ3n) is 1.94. The number of ether oxygens (including phenoxy) is 1. The maximum absolute atomic E-state index is 11.3. The average Bonchev–Trinajstić information content (AvgIpc) is 2.27. The van der Waals surface area contributed by atoms with Crippen molar-refractivity contribution in [2.24, 2.45) is 0 Å². The molecule has 17 heavy (non-hydrogen) atoms. The molecule has 0 fully saturated rings. The summed E-state index contributed by atoms with van der Waals surface area (Å²) in [4.78, 5) is 21.8. The highest BCUT2D eigenvalue weighted by Crippen LogP contribution is 2.22. The van der Waals surface area contributed by atoms with Crippen molar-refractivity contribution in [2.75, 3.05) is 6.61 Å². The van der Waals surface area contributed by atoms with Gasteiger partial charge >= 0.3 is 5.97 Å². The zero-order valence-corrected chi connectivity index (χ0v) is 9.90. The van der Waals surface area contributed by atoms with Gasteiger partial charge in [-0.15, -0.1) is 0 Å². The molecule has 92 valence electrons. The number of hydrogen-bond acceptors (Lipinski definition) is 3. The molecule has 0 aromatic heterocycles. The van der Waals surface area contributed by atoms with Crippen molar-refractivity contribution in [3.63, 3.8) is 0 Å². The summed E-state index contributed by atoms with van der Waals surface area (Å²) < 4.78 is 5.14. The summed E-state index contributed by atoms with van der Waals surface area (Å²) in [5, 5.41) is 11.2. The molecule has 0 heterocycles. The van der Waals surface area contributed by atoms with E-state index < -0.39 is 17.9 Å². The lowest BCUT2D eigenvalue weighted by atomic mass is 10.3. The molecule has 2 N–H and O–H groups in total. The van der Waals surface area contributed by atoms with Crippen molar-refractivity contribution >= 4 is 23.5 Å². The summed E-state index contributed by atoms with van der Waals surface area (Å²) in [5.74, 6) is -1.23. The zero-order valence-electron chi connectivity index (χ0n) is 9.14. The van der Waals surface area contributed by atoms with Crippen LogP contribution >= 0.6 is 11.6 Å². The van der Waals surface area contributed by atoms with Gasteiger partial charge in [0.1, 0.15) is 11.8 Å². The number of carbonyl (C=O) groups is 2. The van der Waals surface area contributed by atoms with E-state index >= 15 is 0 Å². The first-order valence-corrected chi connectivity index (χ1v) is 5.28. The van der Waals surface area contributed by atoms with Crippen LogP contribution in [-0.4, -0.2) is 29.6 Å². The minimum absolute atomic E-state index is 0.276. The van der Waals surface area contributed by atoms with Crippen molar-refractivity contribution in [1.29, 1.82) is 0 Å². The molecule has 1 aromatic carbocycles. The second-order valence-corrected chi connectivity index (χ2v) is 3.75. The molecular weight excluding hydrogens is 246 g/mol. The van der Waals surface area contributed by atoms with Crippen molar-refractivity contribution in [1.82, 2.24) is 5.32 Å². The predicted octanol–water partition coefficient (Wildman–Crippen LogP) is 1.31. The van der Waals surface area contributed by atoms with E-state index in [1.807, 2.05) is 0 Å². The number of amides is 1. The predicted molar refractivity (Wildman–Crippen MR) is 62.2 cm³/mol. The molecule has 1 amide bonds. The highest BCUT2D eigenvalue weighted by atomic mass is 35.5. The summed E-state index contributed by atoms with van der Waals surface area (Å²) in [5.41, 5.74) is 0. The van der Waals surface area contributed by atoms with Crippen LogP contribution in [0.4, 0.5) is 0 Å². The summed E-state index contributed by atoms with van der Waals surface area (Å²) in [6, 6.07) is 5.77. The molecule has 5 nitrogen and oxygen atoms in total. The molecule has 1 atom stereocenters. The van der Waals surface area contributed by atoms with Crippen LogP contribution in [-0.2, 0) is 9.59 Å². The number of halogens is 1. The van der Waals surface area contributed by atoms with Crippen LogP contribution in [0.15, 0.2) is 24.3 Å². The van der Waals surface area contributed by atoms with E-state index in [0.717, 1.165) is 0 Å². The Morgan fingerprint density at radius 1 is 1.47 bits per heavy atom. The van der Waals surface area contributed by atoms with Crippen molar-refractivity contribution in [3.8, 4) is 5.75 Å². The van der Waals surface area contributed by atoms with Gasteiger partial charge in [-0.3, -0.25) is 9.59 Å². The minimum atomic E-state index is -1.10. The fraction of sp³-hybridized carbons (Fsp3) is 0.273. The van der Waals surface area contributed by atoms with Gasteiger partial charge in [-0.05, 0) is 19.1 Å². The van der Waals surface area contributed by atoms with Gasteiger partial charge in [-0.25, -0.2) is 0 Å². The summed E-state index contributed by atoms with van der Waals surface area (Å²) in [7, 11) is 0. The maximum Gasteiger partial charge on any atom is 0.325 e. The van der Waals surface area contributed by atoms with Gasteiger partial charge in [0, 0.05) is 0 Å². The number of carboxylic acid groups (broad SMARTS) is 1. The molecule has 0 saturated heterocycles. The maximum atomic E-state index is 11.3. The Hall–Kier alpha value is -1.75.